The van der Waals surface area contributed by atoms with Gasteiger partial charge in [-0.05, 0) is 18.6 Å². The molecule has 2 aliphatic heterocycles. The Labute approximate surface area is 211 Å². The number of benzene rings is 1. The van der Waals surface area contributed by atoms with Gasteiger partial charge in [-0.1, -0.05) is 0 Å². The number of aliphatic carboxylic acids is 1. The Morgan fingerprint density at radius 3 is 2.57 bits per heavy atom. The number of hydrogen-bond donors (Lipinski definition) is 3. The van der Waals surface area contributed by atoms with E-state index in [-0.39, 0.29) is 44.9 Å². The Morgan fingerprint density at radius 2 is 1.89 bits per heavy atom. The van der Waals surface area contributed by atoms with Crippen LogP contribution in [0.3, 0.4) is 0 Å². The molecule has 13 heteroatoms. The van der Waals surface area contributed by atoms with E-state index in [2.05, 4.69) is 5.32 Å². The molecule has 37 heavy (non-hydrogen) atoms. The maximum absolute atomic E-state index is 12.0. The second kappa shape index (κ2) is 12.8. The number of imide groups is 1. The van der Waals surface area contributed by atoms with Crippen molar-refractivity contribution in [1.29, 1.82) is 0 Å². The summed E-state index contributed by atoms with van der Waals surface area (Å²) in [6.07, 6.45) is -0.460. The molecule has 3 amide bonds. The lowest BCUT2D eigenvalue weighted by Crippen LogP contribution is -2.42. The largest absolute Gasteiger partial charge is 0.493 e. The fourth-order valence-electron chi connectivity index (χ4n) is 3.56. The summed E-state index contributed by atoms with van der Waals surface area (Å²) < 4.78 is 21.9. The maximum Gasteiger partial charge on any atom is 0.333 e. The molecule has 1 aromatic rings. The average molecular weight is 520 g/mol. The van der Waals surface area contributed by atoms with Crippen LogP contribution >= 0.6 is 0 Å². The van der Waals surface area contributed by atoms with Gasteiger partial charge in [0.2, 0.25) is 12.2 Å². The van der Waals surface area contributed by atoms with Crippen molar-refractivity contribution in [3.63, 3.8) is 0 Å². The number of aliphatic hydroxyl groups is 1. The van der Waals surface area contributed by atoms with Gasteiger partial charge in [-0.15, -0.1) is 0 Å². The van der Waals surface area contributed by atoms with Crippen molar-refractivity contribution in [2.24, 2.45) is 0 Å². The van der Waals surface area contributed by atoms with E-state index in [1.54, 1.807) is 12.1 Å². The molecule has 3 N–H and O–H groups in total. The first-order valence-corrected chi connectivity index (χ1v) is 11.5. The Balaban J connectivity index is 1.54. The Morgan fingerprint density at radius 1 is 1.16 bits per heavy atom. The van der Waals surface area contributed by atoms with E-state index in [9.17, 15) is 34.2 Å². The van der Waals surface area contributed by atoms with Crippen LogP contribution in [0.2, 0.25) is 0 Å². The SMILES string of the molecule is CC(=O)OCc1ccc(O[C@H]2C[C@@H](O)C[C@@H](C(=O)O)O2)cc1OCCCNC(=O)CN1C(=O)C=CC1=O. The summed E-state index contributed by atoms with van der Waals surface area (Å²) in [7, 11) is 0. The summed E-state index contributed by atoms with van der Waals surface area (Å²) in [4.78, 5) is 58.3. The smallest absolute Gasteiger partial charge is 0.333 e. The molecule has 13 nitrogen and oxygen atoms in total. The first kappa shape index (κ1) is 27.6. The molecule has 0 saturated carbocycles. The van der Waals surface area contributed by atoms with Crippen molar-refractivity contribution >= 4 is 29.7 Å². The third-order valence-corrected chi connectivity index (χ3v) is 5.38. The number of amides is 3. The van der Waals surface area contributed by atoms with Crippen LogP contribution in [-0.4, -0.2) is 83.0 Å². The van der Waals surface area contributed by atoms with Crippen LogP contribution in [0.15, 0.2) is 30.4 Å². The average Bonchev–Trinajstić information content (AvgIpc) is 3.14. The zero-order valence-electron chi connectivity index (χ0n) is 20.1. The molecule has 2 heterocycles. The number of esters is 1. The lowest BCUT2D eigenvalue weighted by Gasteiger charge is -2.31. The summed E-state index contributed by atoms with van der Waals surface area (Å²) >= 11 is 0. The molecular formula is C24H28N2O11. The molecule has 0 spiro atoms. The highest BCUT2D eigenvalue weighted by molar-refractivity contribution is 6.14. The van der Waals surface area contributed by atoms with Crippen molar-refractivity contribution in [2.75, 3.05) is 19.7 Å². The van der Waals surface area contributed by atoms with Crippen LogP contribution < -0.4 is 14.8 Å². The molecule has 0 bridgehead atoms. The van der Waals surface area contributed by atoms with E-state index in [4.69, 9.17) is 18.9 Å². The zero-order valence-corrected chi connectivity index (χ0v) is 20.1. The minimum atomic E-state index is -1.20. The first-order chi connectivity index (χ1) is 17.6. The highest BCUT2D eigenvalue weighted by Gasteiger charge is 2.34. The van der Waals surface area contributed by atoms with Crippen molar-refractivity contribution in [2.45, 2.75) is 51.3 Å². The minimum Gasteiger partial charge on any atom is -0.493 e. The van der Waals surface area contributed by atoms with E-state index in [1.807, 2.05) is 0 Å². The molecule has 0 aliphatic carbocycles. The normalized spacial score (nSPS) is 21.0. The summed E-state index contributed by atoms with van der Waals surface area (Å²) in [5.41, 5.74) is 0.540. The monoisotopic (exact) mass is 520 g/mol. The number of carboxylic acids is 1. The van der Waals surface area contributed by atoms with Crippen molar-refractivity contribution < 1.29 is 53.1 Å². The molecule has 1 saturated heterocycles. The van der Waals surface area contributed by atoms with Crippen LogP contribution in [0.1, 0.15) is 31.7 Å². The fraction of sp³-hybridized carbons (Fsp3) is 0.458. The lowest BCUT2D eigenvalue weighted by molar-refractivity contribution is -0.195. The van der Waals surface area contributed by atoms with Gasteiger partial charge < -0.3 is 34.5 Å². The first-order valence-electron chi connectivity index (χ1n) is 11.5. The second-order valence-electron chi connectivity index (χ2n) is 8.33. The molecule has 200 valence electrons. The van der Waals surface area contributed by atoms with E-state index in [0.29, 0.717) is 17.7 Å². The number of hydrogen-bond acceptors (Lipinski definition) is 10. The van der Waals surface area contributed by atoms with E-state index in [1.165, 1.54) is 13.0 Å². The van der Waals surface area contributed by atoms with E-state index >= 15 is 0 Å². The molecule has 3 rings (SSSR count). The van der Waals surface area contributed by atoms with Crippen molar-refractivity contribution in [1.82, 2.24) is 10.2 Å². The molecule has 0 radical (unpaired) electrons. The number of aliphatic hydroxyl groups excluding tert-OH is 1. The van der Waals surface area contributed by atoms with Crippen LogP contribution in [0.25, 0.3) is 0 Å². The van der Waals surface area contributed by atoms with Gasteiger partial charge in [0.15, 0.2) is 6.10 Å². The number of nitrogens with zero attached hydrogens (tertiary/aromatic N) is 1. The van der Waals surface area contributed by atoms with Gasteiger partial charge in [0.1, 0.15) is 24.7 Å². The number of carbonyl (C=O) groups excluding carboxylic acids is 4. The highest BCUT2D eigenvalue weighted by atomic mass is 16.7. The van der Waals surface area contributed by atoms with Crippen molar-refractivity contribution in [3.05, 3.63) is 35.9 Å². The van der Waals surface area contributed by atoms with Gasteiger partial charge in [-0.2, -0.15) is 0 Å². The number of carboxylic acid groups (broad SMARTS) is 1. The van der Waals surface area contributed by atoms with E-state index < -0.39 is 48.2 Å². The number of carbonyl (C=O) groups is 5. The molecule has 3 atom stereocenters. The van der Waals surface area contributed by atoms with Crippen LogP contribution in [0, 0.1) is 0 Å². The second-order valence-corrected chi connectivity index (χ2v) is 8.33. The van der Waals surface area contributed by atoms with Crippen LogP contribution in [-0.2, 0) is 40.1 Å². The summed E-state index contributed by atoms with van der Waals surface area (Å²) in [5, 5.41) is 21.7. The van der Waals surface area contributed by atoms with Crippen LogP contribution in [0.4, 0.5) is 0 Å². The molecule has 2 aliphatic rings. The van der Waals surface area contributed by atoms with Gasteiger partial charge in [0, 0.05) is 50.1 Å². The van der Waals surface area contributed by atoms with Gasteiger partial charge in [0.25, 0.3) is 11.8 Å². The number of nitrogens with one attached hydrogen (secondary N) is 1. The van der Waals surface area contributed by atoms with Crippen LogP contribution in [0.5, 0.6) is 11.5 Å². The maximum atomic E-state index is 12.0. The molecular weight excluding hydrogens is 492 g/mol. The summed E-state index contributed by atoms with van der Waals surface area (Å²) in [6, 6.07) is 4.71. The van der Waals surface area contributed by atoms with Gasteiger partial charge >= 0.3 is 11.9 Å². The molecule has 0 aromatic heterocycles. The number of rotatable bonds is 12. The molecule has 1 aromatic carbocycles. The quantitative estimate of drug-likeness (QED) is 0.190. The van der Waals surface area contributed by atoms with Gasteiger partial charge in [-0.25, -0.2) is 4.79 Å². The predicted octanol–water partition coefficient (Wildman–Crippen LogP) is -0.111. The highest BCUT2D eigenvalue weighted by Crippen LogP contribution is 2.29. The topological polar surface area (TPSA) is 178 Å². The summed E-state index contributed by atoms with van der Waals surface area (Å²) in [5.74, 6) is -2.65. The minimum absolute atomic E-state index is 0.0387. The summed E-state index contributed by atoms with van der Waals surface area (Å²) in [6.45, 7) is 1.19. The Bertz CT molecular complexity index is 1050. The zero-order chi connectivity index (χ0) is 26.9. The molecule has 0 unspecified atom stereocenters. The third kappa shape index (κ3) is 8.29. The lowest BCUT2D eigenvalue weighted by atomic mass is 10.1. The predicted molar refractivity (Wildman–Crippen MR) is 123 cm³/mol. The molecule has 1 fully saturated rings. The van der Waals surface area contributed by atoms with Gasteiger partial charge in [0.05, 0.1) is 12.7 Å². The number of ether oxygens (including phenoxy) is 4. The Kier molecular flexibility index (Phi) is 9.57. The standard InChI is InChI=1S/C24H28N2O11/c1-14(27)35-13-15-3-4-17(36-23-10-16(28)9-19(37-23)24(32)33)11-18(15)34-8-2-7-25-20(29)12-26-21(30)5-6-22(26)31/h3-6,11,16,19,23,28H,2,7-10,12-13H2,1H3,(H,25,29)(H,32,33)/t16-,19-,23+/m0/s1. The van der Waals surface area contributed by atoms with Gasteiger partial charge in [-0.3, -0.25) is 24.1 Å². The van der Waals surface area contributed by atoms with Crippen molar-refractivity contribution in [3.8, 4) is 11.5 Å². The fourth-order valence-corrected chi connectivity index (χ4v) is 3.56. The Hall–Kier alpha value is -3.97. The van der Waals surface area contributed by atoms with E-state index in [0.717, 1.165) is 17.1 Å². The third-order valence-electron chi connectivity index (χ3n) is 5.38.